The molecule has 22 heavy (non-hydrogen) atoms. The highest BCUT2D eigenvalue weighted by Crippen LogP contribution is 2.20. The van der Waals surface area contributed by atoms with Gasteiger partial charge in [0.15, 0.2) is 11.2 Å². The maximum absolute atomic E-state index is 12.3. The Labute approximate surface area is 131 Å². The van der Waals surface area contributed by atoms with Crippen molar-refractivity contribution in [1.82, 2.24) is 0 Å². The fourth-order valence-corrected chi connectivity index (χ4v) is 2.57. The van der Waals surface area contributed by atoms with Gasteiger partial charge in [0.25, 0.3) is 5.91 Å². The molecule has 0 saturated heterocycles. The van der Waals surface area contributed by atoms with Gasteiger partial charge >= 0.3 is 0 Å². The lowest BCUT2D eigenvalue weighted by molar-refractivity contribution is 0.0997. The van der Waals surface area contributed by atoms with Crippen molar-refractivity contribution in [3.05, 3.63) is 70.6 Å². The Balaban J connectivity index is 1.93. The summed E-state index contributed by atoms with van der Waals surface area (Å²) in [6.07, 6.45) is 1.96. The van der Waals surface area contributed by atoms with Gasteiger partial charge in [0.2, 0.25) is 0 Å². The van der Waals surface area contributed by atoms with E-state index in [1.807, 2.05) is 24.5 Å². The molecule has 0 aliphatic heterocycles. The van der Waals surface area contributed by atoms with Gasteiger partial charge in [-0.15, -0.1) is 11.8 Å². The molecule has 0 aliphatic rings. The molecule has 2 aromatic carbocycles. The number of anilines is 1. The molecule has 0 fully saturated rings. The van der Waals surface area contributed by atoms with Crippen LogP contribution in [0, 0.1) is 0 Å². The third-order valence-electron chi connectivity index (χ3n) is 3.19. The smallest absolute Gasteiger partial charge is 0.291 e. The van der Waals surface area contributed by atoms with Crippen LogP contribution in [0.4, 0.5) is 5.69 Å². The maximum Gasteiger partial charge on any atom is 0.291 e. The molecule has 3 rings (SSSR count). The molecule has 1 aromatic heterocycles. The molecule has 0 aliphatic carbocycles. The van der Waals surface area contributed by atoms with Crippen LogP contribution in [0.3, 0.4) is 0 Å². The highest BCUT2D eigenvalue weighted by atomic mass is 32.2. The molecule has 0 radical (unpaired) electrons. The van der Waals surface area contributed by atoms with Crippen LogP contribution in [-0.4, -0.2) is 12.2 Å². The van der Waals surface area contributed by atoms with E-state index in [1.165, 1.54) is 6.07 Å². The third kappa shape index (κ3) is 2.89. The molecule has 0 atom stereocenters. The van der Waals surface area contributed by atoms with E-state index < -0.39 is 5.91 Å². The van der Waals surface area contributed by atoms with Crippen LogP contribution in [-0.2, 0) is 0 Å². The van der Waals surface area contributed by atoms with Gasteiger partial charge in [0.05, 0.1) is 5.39 Å². The number of fused-ring (bicyclic) bond motifs is 1. The molecule has 0 unspecified atom stereocenters. The average molecular weight is 311 g/mol. The summed E-state index contributed by atoms with van der Waals surface area (Å²) in [4.78, 5) is 25.3. The molecule has 5 heteroatoms. The first kappa shape index (κ1) is 14.4. The van der Waals surface area contributed by atoms with Crippen molar-refractivity contribution in [3.8, 4) is 0 Å². The van der Waals surface area contributed by atoms with Gasteiger partial charge in [0.1, 0.15) is 5.58 Å². The Morgan fingerprint density at radius 1 is 1.09 bits per heavy atom. The van der Waals surface area contributed by atoms with Gasteiger partial charge in [-0.1, -0.05) is 18.2 Å². The summed E-state index contributed by atoms with van der Waals surface area (Å²) in [7, 11) is 0. The number of hydrogen-bond donors (Lipinski definition) is 1. The van der Waals surface area contributed by atoms with Gasteiger partial charge in [-0.3, -0.25) is 9.59 Å². The van der Waals surface area contributed by atoms with E-state index >= 15 is 0 Å². The van der Waals surface area contributed by atoms with Gasteiger partial charge in [-0.05, 0) is 36.6 Å². The van der Waals surface area contributed by atoms with Gasteiger partial charge in [0, 0.05) is 16.6 Å². The van der Waals surface area contributed by atoms with Crippen molar-refractivity contribution in [2.75, 3.05) is 11.6 Å². The second-order valence-electron chi connectivity index (χ2n) is 4.66. The Bertz CT molecular complexity index is 902. The van der Waals surface area contributed by atoms with E-state index in [2.05, 4.69) is 5.32 Å². The minimum absolute atomic E-state index is 0.00162. The first-order chi connectivity index (χ1) is 10.7. The lowest BCUT2D eigenvalue weighted by Crippen LogP contribution is -2.14. The van der Waals surface area contributed by atoms with Crippen LogP contribution < -0.4 is 10.7 Å². The number of nitrogens with one attached hydrogen (secondary N) is 1. The standard InChI is InChI=1S/C17H13NO3S/c1-22-12-6-4-5-11(9-12)18-17(20)16-10-14(19)13-7-2-3-8-15(13)21-16/h2-10H,1H3,(H,18,20). The normalized spacial score (nSPS) is 10.6. The van der Waals surface area contributed by atoms with Gasteiger partial charge < -0.3 is 9.73 Å². The average Bonchev–Trinajstić information content (AvgIpc) is 2.55. The summed E-state index contributed by atoms with van der Waals surface area (Å²) in [6.45, 7) is 0. The number of rotatable bonds is 3. The maximum atomic E-state index is 12.3. The van der Waals surface area contributed by atoms with Crippen LogP contribution >= 0.6 is 11.8 Å². The van der Waals surface area contributed by atoms with Crippen LogP contribution in [0.5, 0.6) is 0 Å². The fraction of sp³-hybridized carbons (Fsp3) is 0.0588. The van der Waals surface area contributed by atoms with Gasteiger partial charge in [-0.25, -0.2) is 0 Å². The topological polar surface area (TPSA) is 59.3 Å². The van der Waals surface area contributed by atoms with E-state index in [-0.39, 0.29) is 11.2 Å². The molecule has 0 bridgehead atoms. The first-order valence-corrected chi connectivity index (χ1v) is 7.88. The summed E-state index contributed by atoms with van der Waals surface area (Å²) in [5.74, 6) is -0.445. The zero-order valence-electron chi connectivity index (χ0n) is 11.8. The van der Waals surface area contributed by atoms with Crippen molar-refractivity contribution in [3.63, 3.8) is 0 Å². The molecule has 3 aromatic rings. The molecule has 0 spiro atoms. The fourth-order valence-electron chi connectivity index (χ4n) is 2.11. The molecular formula is C17H13NO3S. The van der Waals surface area contributed by atoms with Crippen LogP contribution in [0.1, 0.15) is 10.6 Å². The summed E-state index contributed by atoms with van der Waals surface area (Å²) >= 11 is 1.59. The molecule has 1 N–H and O–H groups in total. The quantitative estimate of drug-likeness (QED) is 0.748. The highest BCUT2D eigenvalue weighted by Gasteiger charge is 2.12. The summed E-state index contributed by atoms with van der Waals surface area (Å²) in [5.41, 5.74) is 0.829. The minimum Gasteiger partial charge on any atom is -0.451 e. The van der Waals surface area contributed by atoms with Crippen LogP contribution in [0.25, 0.3) is 11.0 Å². The summed E-state index contributed by atoms with van der Waals surface area (Å²) < 4.78 is 5.52. The van der Waals surface area contributed by atoms with Crippen LogP contribution in [0.2, 0.25) is 0 Å². The Morgan fingerprint density at radius 3 is 2.73 bits per heavy atom. The first-order valence-electron chi connectivity index (χ1n) is 6.65. The molecule has 1 amide bonds. The Morgan fingerprint density at radius 2 is 1.91 bits per heavy atom. The number of benzene rings is 2. The predicted molar refractivity (Wildman–Crippen MR) is 88.7 cm³/mol. The number of carbonyl (C=O) groups excluding carboxylic acids is 1. The van der Waals surface area contributed by atoms with E-state index in [4.69, 9.17) is 4.42 Å². The largest absolute Gasteiger partial charge is 0.451 e. The highest BCUT2D eigenvalue weighted by molar-refractivity contribution is 7.98. The summed E-state index contributed by atoms with van der Waals surface area (Å²) in [6, 6.07) is 15.5. The number of carbonyl (C=O) groups is 1. The minimum atomic E-state index is -0.443. The lowest BCUT2D eigenvalue weighted by atomic mass is 10.2. The number of thioether (sulfide) groups is 1. The Kier molecular flexibility index (Phi) is 3.98. The van der Waals surface area contributed by atoms with E-state index in [1.54, 1.807) is 42.1 Å². The molecule has 4 nitrogen and oxygen atoms in total. The zero-order valence-corrected chi connectivity index (χ0v) is 12.6. The molecule has 1 heterocycles. The predicted octanol–water partition coefficient (Wildman–Crippen LogP) is 3.77. The lowest BCUT2D eigenvalue weighted by Gasteiger charge is -2.06. The zero-order chi connectivity index (χ0) is 15.5. The van der Waals surface area contributed by atoms with Crippen molar-refractivity contribution in [2.24, 2.45) is 0 Å². The second-order valence-corrected chi connectivity index (χ2v) is 5.54. The van der Waals surface area contributed by atoms with Crippen molar-refractivity contribution in [2.45, 2.75) is 4.90 Å². The van der Waals surface area contributed by atoms with Crippen LogP contribution in [0.15, 0.2) is 68.7 Å². The SMILES string of the molecule is CSc1cccc(NC(=O)c2cc(=O)c3ccccc3o2)c1. The second kappa shape index (κ2) is 6.07. The van der Waals surface area contributed by atoms with Crippen molar-refractivity contribution >= 4 is 34.3 Å². The molecular weight excluding hydrogens is 298 g/mol. The van der Waals surface area contributed by atoms with Gasteiger partial charge in [-0.2, -0.15) is 0 Å². The number of hydrogen-bond acceptors (Lipinski definition) is 4. The summed E-state index contributed by atoms with van der Waals surface area (Å²) in [5, 5.41) is 3.20. The van der Waals surface area contributed by atoms with Crippen molar-refractivity contribution in [1.29, 1.82) is 0 Å². The van der Waals surface area contributed by atoms with E-state index in [0.29, 0.717) is 16.7 Å². The van der Waals surface area contributed by atoms with E-state index in [0.717, 1.165) is 4.90 Å². The molecule has 110 valence electrons. The number of para-hydroxylation sites is 1. The molecule has 0 saturated carbocycles. The van der Waals surface area contributed by atoms with E-state index in [9.17, 15) is 9.59 Å². The number of amides is 1. The monoisotopic (exact) mass is 311 g/mol. The third-order valence-corrected chi connectivity index (χ3v) is 3.91. The van der Waals surface area contributed by atoms with Crippen molar-refractivity contribution < 1.29 is 9.21 Å². The Hall–Kier alpha value is -2.53.